The van der Waals surface area contributed by atoms with Crippen molar-refractivity contribution in [3.63, 3.8) is 0 Å². The Morgan fingerprint density at radius 2 is 2.14 bits per heavy atom. The minimum atomic E-state index is -0.414. The summed E-state index contributed by atoms with van der Waals surface area (Å²) in [6.07, 6.45) is 2.73. The number of aliphatic hydroxyl groups is 1. The van der Waals surface area contributed by atoms with Crippen LogP contribution in [0.1, 0.15) is 30.0 Å². The fourth-order valence-electron chi connectivity index (χ4n) is 2.39. The first-order valence-electron chi connectivity index (χ1n) is 6.80. The molecule has 0 bridgehead atoms. The molecule has 1 saturated carbocycles. The van der Waals surface area contributed by atoms with Crippen molar-refractivity contribution in [1.82, 2.24) is 9.97 Å². The Bertz CT molecular complexity index is 647. The summed E-state index contributed by atoms with van der Waals surface area (Å²) >= 11 is 5.75. The first kappa shape index (κ1) is 14.2. The molecule has 1 heterocycles. The van der Waals surface area contributed by atoms with E-state index < -0.39 is 5.82 Å². The summed E-state index contributed by atoms with van der Waals surface area (Å²) in [6, 6.07) is 6.76. The number of benzene rings is 1. The Hall–Kier alpha value is -1.72. The number of rotatable bonds is 4. The minimum Gasteiger partial charge on any atom is -0.393 e. The smallest absolute Gasteiger partial charge is 0.146 e. The van der Waals surface area contributed by atoms with Crippen LogP contribution < -0.4 is 5.32 Å². The Morgan fingerprint density at radius 3 is 2.90 bits per heavy atom. The first-order chi connectivity index (χ1) is 10.1. The van der Waals surface area contributed by atoms with Crippen molar-refractivity contribution < 1.29 is 9.50 Å². The molecule has 4 nitrogen and oxygen atoms in total. The predicted octanol–water partition coefficient (Wildman–Crippen LogP) is 3.12. The molecule has 6 heteroatoms. The number of halogens is 2. The zero-order valence-electron chi connectivity index (χ0n) is 11.3. The van der Waals surface area contributed by atoms with Gasteiger partial charge in [-0.25, -0.2) is 14.4 Å². The van der Waals surface area contributed by atoms with Gasteiger partial charge in [0.25, 0.3) is 0 Å². The van der Waals surface area contributed by atoms with Gasteiger partial charge in [-0.15, -0.1) is 0 Å². The van der Waals surface area contributed by atoms with E-state index in [2.05, 4.69) is 15.3 Å². The normalized spacial score (nSPS) is 20.9. The van der Waals surface area contributed by atoms with Gasteiger partial charge in [-0.1, -0.05) is 23.7 Å². The van der Waals surface area contributed by atoms with Gasteiger partial charge in [0.1, 0.15) is 18.0 Å². The van der Waals surface area contributed by atoms with E-state index in [0.29, 0.717) is 17.9 Å². The lowest BCUT2D eigenvalue weighted by molar-refractivity contribution is 0.0732. The molecule has 1 aromatic heterocycles. The molecule has 2 N–H and O–H groups in total. The Labute approximate surface area is 127 Å². The van der Waals surface area contributed by atoms with Crippen LogP contribution in [-0.4, -0.2) is 21.2 Å². The largest absolute Gasteiger partial charge is 0.393 e. The van der Waals surface area contributed by atoms with Crippen LogP contribution in [0.2, 0.25) is 5.02 Å². The zero-order chi connectivity index (χ0) is 14.8. The van der Waals surface area contributed by atoms with E-state index in [-0.39, 0.29) is 17.0 Å². The Balaban J connectivity index is 1.68. The summed E-state index contributed by atoms with van der Waals surface area (Å²) < 4.78 is 13.8. The minimum absolute atomic E-state index is 0.112. The molecular weight excluding hydrogens is 293 g/mol. The molecule has 1 aliphatic carbocycles. The number of hydrogen-bond acceptors (Lipinski definition) is 4. The summed E-state index contributed by atoms with van der Waals surface area (Å²) in [5.74, 6) is 0.510. The molecule has 1 aliphatic rings. The van der Waals surface area contributed by atoms with Crippen molar-refractivity contribution in [3.05, 3.63) is 52.7 Å². The summed E-state index contributed by atoms with van der Waals surface area (Å²) in [5.41, 5.74) is 1.39. The van der Waals surface area contributed by atoms with Gasteiger partial charge in [0, 0.05) is 29.8 Å². The van der Waals surface area contributed by atoms with Crippen LogP contribution in [0.3, 0.4) is 0 Å². The molecule has 1 fully saturated rings. The van der Waals surface area contributed by atoms with E-state index in [0.717, 1.165) is 18.5 Å². The molecular formula is C15H15ClFN3O. The molecule has 0 radical (unpaired) electrons. The Kier molecular flexibility index (Phi) is 4.03. The van der Waals surface area contributed by atoms with Gasteiger partial charge in [-0.3, -0.25) is 0 Å². The second kappa shape index (κ2) is 5.95. The van der Waals surface area contributed by atoms with E-state index in [1.807, 2.05) is 6.07 Å². The highest BCUT2D eigenvalue weighted by molar-refractivity contribution is 6.30. The highest BCUT2D eigenvalue weighted by Gasteiger charge is 2.29. The summed E-state index contributed by atoms with van der Waals surface area (Å²) in [4.78, 5) is 8.35. The third-order valence-corrected chi connectivity index (χ3v) is 4.00. The first-order valence-corrected chi connectivity index (χ1v) is 7.18. The van der Waals surface area contributed by atoms with Crippen LogP contribution in [0.25, 0.3) is 0 Å². The van der Waals surface area contributed by atoms with E-state index in [1.165, 1.54) is 12.4 Å². The highest BCUT2D eigenvalue weighted by atomic mass is 35.5. The number of aliphatic hydroxyl groups excluding tert-OH is 1. The maximum Gasteiger partial charge on any atom is 0.146 e. The van der Waals surface area contributed by atoms with Crippen molar-refractivity contribution >= 4 is 17.4 Å². The molecule has 3 rings (SSSR count). The maximum absolute atomic E-state index is 13.8. The summed E-state index contributed by atoms with van der Waals surface area (Å²) in [6.45, 7) is 0.302. The average Bonchev–Trinajstić information content (AvgIpc) is 2.46. The zero-order valence-corrected chi connectivity index (χ0v) is 12.0. The molecule has 0 aliphatic heterocycles. The molecule has 110 valence electrons. The lowest BCUT2D eigenvalue weighted by atomic mass is 9.80. The third-order valence-electron chi connectivity index (χ3n) is 3.71. The number of hydrogen-bond donors (Lipinski definition) is 2. The maximum atomic E-state index is 13.8. The second-order valence-electron chi connectivity index (χ2n) is 5.22. The highest BCUT2D eigenvalue weighted by Crippen LogP contribution is 2.36. The molecule has 0 amide bonds. The van der Waals surface area contributed by atoms with E-state index in [4.69, 9.17) is 11.6 Å². The van der Waals surface area contributed by atoms with Crippen LogP contribution in [-0.2, 0) is 6.54 Å². The van der Waals surface area contributed by atoms with Crippen molar-refractivity contribution in [1.29, 1.82) is 0 Å². The van der Waals surface area contributed by atoms with Crippen molar-refractivity contribution in [2.24, 2.45) is 0 Å². The molecule has 1 aromatic carbocycles. The summed E-state index contributed by atoms with van der Waals surface area (Å²) in [7, 11) is 0. The average molecular weight is 308 g/mol. The van der Waals surface area contributed by atoms with E-state index >= 15 is 0 Å². The van der Waals surface area contributed by atoms with E-state index in [9.17, 15) is 9.50 Å². The third kappa shape index (κ3) is 3.14. The van der Waals surface area contributed by atoms with Crippen LogP contribution in [0, 0.1) is 5.82 Å². The van der Waals surface area contributed by atoms with Crippen LogP contribution in [0.4, 0.5) is 10.2 Å². The Morgan fingerprint density at radius 1 is 1.33 bits per heavy atom. The standard InChI is InChI=1S/C15H15ClFN3O/c16-12-3-1-2-9(15(12)17)7-18-14-6-13(19-8-20-14)10-4-11(21)5-10/h1-3,6,8,10-11,21H,4-5,7H2,(H,18,19,20). The topological polar surface area (TPSA) is 58.0 Å². The lowest BCUT2D eigenvalue weighted by Gasteiger charge is -2.30. The molecule has 0 saturated heterocycles. The van der Waals surface area contributed by atoms with Crippen LogP contribution in [0.15, 0.2) is 30.6 Å². The molecule has 0 atom stereocenters. The van der Waals surface area contributed by atoms with Crippen molar-refractivity contribution in [3.8, 4) is 0 Å². The predicted molar refractivity (Wildman–Crippen MR) is 78.8 cm³/mol. The van der Waals surface area contributed by atoms with Gasteiger partial charge in [0.2, 0.25) is 0 Å². The van der Waals surface area contributed by atoms with Gasteiger partial charge in [-0.2, -0.15) is 0 Å². The van der Waals surface area contributed by atoms with Crippen molar-refractivity contribution in [2.45, 2.75) is 31.4 Å². The number of aromatic nitrogens is 2. The fourth-order valence-corrected chi connectivity index (χ4v) is 2.59. The quantitative estimate of drug-likeness (QED) is 0.911. The molecule has 0 spiro atoms. The molecule has 2 aromatic rings. The van der Waals surface area contributed by atoms with E-state index in [1.54, 1.807) is 12.1 Å². The van der Waals surface area contributed by atoms with Crippen LogP contribution in [0.5, 0.6) is 0 Å². The van der Waals surface area contributed by atoms with Crippen LogP contribution >= 0.6 is 11.6 Å². The van der Waals surface area contributed by atoms with Gasteiger partial charge in [0.15, 0.2) is 0 Å². The molecule has 0 unspecified atom stereocenters. The fraction of sp³-hybridized carbons (Fsp3) is 0.333. The second-order valence-corrected chi connectivity index (χ2v) is 5.62. The van der Waals surface area contributed by atoms with Gasteiger partial charge < -0.3 is 10.4 Å². The monoisotopic (exact) mass is 307 g/mol. The number of nitrogens with zero attached hydrogens (tertiary/aromatic N) is 2. The van der Waals surface area contributed by atoms with Gasteiger partial charge >= 0.3 is 0 Å². The lowest BCUT2D eigenvalue weighted by Crippen LogP contribution is -2.27. The van der Waals surface area contributed by atoms with Gasteiger partial charge in [-0.05, 0) is 18.9 Å². The van der Waals surface area contributed by atoms with Gasteiger partial charge in [0.05, 0.1) is 11.1 Å². The number of nitrogens with one attached hydrogen (secondary N) is 1. The van der Waals surface area contributed by atoms with Crippen molar-refractivity contribution in [2.75, 3.05) is 5.32 Å². The SMILES string of the molecule is OC1CC(c2cc(NCc3cccc(Cl)c3F)ncn2)C1. The molecule has 21 heavy (non-hydrogen) atoms. The summed E-state index contributed by atoms with van der Waals surface area (Å²) in [5, 5.41) is 12.5. The number of anilines is 1.